The molecule has 0 N–H and O–H groups in total. The van der Waals surface area contributed by atoms with Crippen LogP contribution in [0.1, 0.15) is 11.1 Å². The smallest absolute Gasteiger partial charge is 0.332 e. The van der Waals surface area contributed by atoms with Crippen molar-refractivity contribution >= 4 is 34.2 Å². The highest BCUT2D eigenvalue weighted by atomic mass is 35.5. The third kappa shape index (κ3) is 3.56. The lowest BCUT2D eigenvalue weighted by atomic mass is 10.2. The van der Waals surface area contributed by atoms with Crippen molar-refractivity contribution in [2.24, 2.45) is 0 Å². The lowest BCUT2D eigenvalue weighted by molar-refractivity contribution is 0.174. The van der Waals surface area contributed by atoms with Gasteiger partial charge in [0.05, 0.1) is 18.6 Å². The first-order valence-corrected chi connectivity index (χ1v) is 10.2. The third-order valence-electron chi connectivity index (χ3n) is 5.11. The normalized spacial score (nSPS) is 12.5. The van der Waals surface area contributed by atoms with Gasteiger partial charge in [-0.05, 0) is 47.5 Å². The van der Waals surface area contributed by atoms with Crippen molar-refractivity contribution in [3.05, 3.63) is 96.7 Å². The fourth-order valence-corrected chi connectivity index (χ4v) is 4.05. The second kappa shape index (κ2) is 7.76. The molecule has 31 heavy (non-hydrogen) atoms. The summed E-state index contributed by atoms with van der Waals surface area (Å²) < 4.78 is 13.4. The zero-order valence-electron chi connectivity index (χ0n) is 16.0. The van der Waals surface area contributed by atoms with Crippen LogP contribution in [0.4, 0.5) is 0 Å². The van der Waals surface area contributed by atoms with Gasteiger partial charge in [-0.3, -0.25) is 13.9 Å². The van der Waals surface area contributed by atoms with Gasteiger partial charge in [0, 0.05) is 16.2 Å². The number of benzene rings is 2. The van der Waals surface area contributed by atoms with E-state index in [0.29, 0.717) is 32.6 Å². The Kier molecular flexibility index (Phi) is 4.92. The number of hydrogen-bond acceptors (Lipinski definition) is 5. The van der Waals surface area contributed by atoms with Crippen LogP contribution in [0.3, 0.4) is 0 Å². The fourth-order valence-electron chi connectivity index (χ4n) is 3.58. The first-order valence-electron chi connectivity index (χ1n) is 9.42. The Hall–Kier alpha value is -3.29. The molecule has 0 bridgehead atoms. The van der Waals surface area contributed by atoms with Crippen molar-refractivity contribution in [1.29, 1.82) is 0 Å². The molecule has 3 heterocycles. The number of fused-ring (bicyclic) bond motifs is 2. The molecule has 4 aromatic rings. The first kappa shape index (κ1) is 19.7. The van der Waals surface area contributed by atoms with E-state index in [9.17, 15) is 9.59 Å². The average Bonchev–Trinajstić information content (AvgIpc) is 3.23. The summed E-state index contributed by atoms with van der Waals surface area (Å²) in [4.78, 5) is 30.7. The van der Waals surface area contributed by atoms with E-state index in [1.807, 2.05) is 0 Å². The van der Waals surface area contributed by atoms with Crippen molar-refractivity contribution in [3.63, 3.8) is 0 Å². The molecule has 0 spiro atoms. The summed E-state index contributed by atoms with van der Waals surface area (Å²) in [5.41, 5.74) is 1.14. The number of pyridine rings is 1. The molecule has 7 nitrogen and oxygen atoms in total. The largest absolute Gasteiger partial charge is 0.454 e. The van der Waals surface area contributed by atoms with Gasteiger partial charge in [-0.15, -0.1) is 0 Å². The predicted molar refractivity (Wildman–Crippen MR) is 117 cm³/mol. The number of aromatic nitrogens is 3. The Morgan fingerprint density at radius 1 is 0.935 bits per heavy atom. The van der Waals surface area contributed by atoms with Crippen LogP contribution in [0, 0.1) is 0 Å². The van der Waals surface area contributed by atoms with E-state index in [-0.39, 0.29) is 25.4 Å². The van der Waals surface area contributed by atoms with E-state index in [2.05, 4.69) is 4.98 Å². The van der Waals surface area contributed by atoms with Crippen LogP contribution < -0.4 is 20.7 Å². The lowest BCUT2D eigenvalue weighted by Gasteiger charge is -2.15. The van der Waals surface area contributed by atoms with Crippen molar-refractivity contribution in [2.75, 3.05) is 6.79 Å². The minimum atomic E-state index is -0.464. The fraction of sp³-hybridized carbons (Fsp3) is 0.136. The van der Waals surface area contributed by atoms with Gasteiger partial charge >= 0.3 is 5.69 Å². The van der Waals surface area contributed by atoms with Crippen LogP contribution in [0.15, 0.2) is 64.3 Å². The van der Waals surface area contributed by atoms with Crippen LogP contribution in [0.5, 0.6) is 11.5 Å². The van der Waals surface area contributed by atoms with Crippen molar-refractivity contribution in [3.8, 4) is 11.5 Å². The topological polar surface area (TPSA) is 75.4 Å². The number of hydrogen-bond donors (Lipinski definition) is 0. The summed E-state index contributed by atoms with van der Waals surface area (Å²) in [6.07, 6.45) is 1.53. The summed E-state index contributed by atoms with van der Waals surface area (Å²) in [5, 5.41) is 0.936. The highest BCUT2D eigenvalue weighted by molar-refractivity contribution is 6.35. The van der Waals surface area contributed by atoms with Crippen molar-refractivity contribution in [1.82, 2.24) is 14.1 Å². The highest BCUT2D eigenvalue weighted by Crippen LogP contribution is 2.32. The Balaban J connectivity index is 1.65. The summed E-state index contributed by atoms with van der Waals surface area (Å²) >= 11 is 12.3. The van der Waals surface area contributed by atoms with Gasteiger partial charge in [-0.1, -0.05) is 35.3 Å². The maximum Gasteiger partial charge on any atom is 0.332 e. The SMILES string of the molecule is O=c1c2ncccc2n(Cc2ccc(Cl)cc2Cl)c(=O)n1Cc1ccc2c(c1)OCO2. The minimum Gasteiger partial charge on any atom is -0.454 e. The number of halogens is 2. The van der Waals surface area contributed by atoms with Crippen LogP contribution in [0.2, 0.25) is 10.0 Å². The van der Waals surface area contributed by atoms with Gasteiger partial charge in [0.15, 0.2) is 17.0 Å². The van der Waals surface area contributed by atoms with E-state index in [1.165, 1.54) is 10.8 Å². The van der Waals surface area contributed by atoms with E-state index >= 15 is 0 Å². The van der Waals surface area contributed by atoms with Crippen molar-refractivity contribution < 1.29 is 9.47 Å². The third-order valence-corrected chi connectivity index (χ3v) is 5.69. The molecule has 0 atom stereocenters. The number of rotatable bonds is 4. The zero-order chi connectivity index (χ0) is 21.5. The maximum atomic E-state index is 13.4. The molecule has 5 rings (SSSR count). The summed E-state index contributed by atoms with van der Waals surface area (Å²) in [5.74, 6) is 1.21. The van der Waals surface area contributed by atoms with Gasteiger partial charge in [0.25, 0.3) is 5.56 Å². The van der Waals surface area contributed by atoms with Crippen LogP contribution in [-0.4, -0.2) is 20.9 Å². The van der Waals surface area contributed by atoms with Gasteiger partial charge in [-0.2, -0.15) is 0 Å². The molecule has 9 heteroatoms. The summed E-state index contributed by atoms with van der Waals surface area (Å²) in [6, 6.07) is 13.8. The number of nitrogens with zero attached hydrogens (tertiary/aromatic N) is 3. The second-order valence-electron chi connectivity index (χ2n) is 7.05. The molecular formula is C22H15Cl2N3O4. The highest BCUT2D eigenvalue weighted by Gasteiger charge is 2.18. The molecule has 1 aliphatic heterocycles. The molecule has 0 saturated carbocycles. The van der Waals surface area contributed by atoms with E-state index in [4.69, 9.17) is 32.7 Å². The Morgan fingerprint density at radius 3 is 2.61 bits per heavy atom. The van der Waals surface area contributed by atoms with Crippen LogP contribution in [-0.2, 0) is 13.1 Å². The van der Waals surface area contributed by atoms with Crippen LogP contribution in [0.25, 0.3) is 11.0 Å². The van der Waals surface area contributed by atoms with Crippen molar-refractivity contribution in [2.45, 2.75) is 13.1 Å². The molecule has 2 aromatic heterocycles. The molecule has 0 unspecified atom stereocenters. The second-order valence-corrected chi connectivity index (χ2v) is 7.90. The Bertz CT molecular complexity index is 1450. The molecule has 0 amide bonds. The molecule has 2 aromatic carbocycles. The molecule has 0 saturated heterocycles. The quantitative estimate of drug-likeness (QED) is 0.468. The van der Waals surface area contributed by atoms with Gasteiger partial charge in [-0.25, -0.2) is 9.78 Å². The molecule has 0 radical (unpaired) electrons. The standard InChI is InChI=1S/C22H15Cl2N3O4/c23-15-5-4-14(16(24)9-15)11-26-17-2-1-7-25-20(17)21(28)27(22(26)29)10-13-3-6-18-19(8-13)31-12-30-18/h1-9H,10-12H2. The molecule has 1 aliphatic rings. The maximum absolute atomic E-state index is 13.4. The number of ether oxygens (including phenoxy) is 2. The Morgan fingerprint density at radius 2 is 1.77 bits per heavy atom. The predicted octanol–water partition coefficient (Wildman–Crippen LogP) is 3.69. The summed E-state index contributed by atoms with van der Waals surface area (Å²) in [6.45, 7) is 0.376. The van der Waals surface area contributed by atoms with Gasteiger partial charge < -0.3 is 9.47 Å². The lowest BCUT2D eigenvalue weighted by Crippen LogP contribution is -2.40. The molecule has 0 aliphatic carbocycles. The van der Waals surface area contributed by atoms with Gasteiger partial charge in [0.1, 0.15) is 0 Å². The molecule has 156 valence electrons. The Labute approximate surface area is 186 Å². The first-order chi connectivity index (χ1) is 15.0. The molecular weight excluding hydrogens is 441 g/mol. The zero-order valence-corrected chi connectivity index (χ0v) is 17.6. The monoisotopic (exact) mass is 455 g/mol. The summed E-state index contributed by atoms with van der Waals surface area (Å²) in [7, 11) is 0. The van der Waals surface area contributed by atoms with E-state index in [1.54, 1.807) is 48.5 Å². The van der Waals surface area contributed by atoms with E-state index in [0.717, 1.165) is 10.1 Å². The minimum absolute atomic E-state index is 0.0647. The van der Waals surface area contributed by atoms with Crippen LogP contribution >= 0.6 is 23.2 Å². The molecule has 0 fully saturated rings. The van der Waals surface area contributed by atoms with E-state index < -0.39 is 11.2 Å². The van der Waals surface area contributed by atoms with Gasteiger partial charge in [0.2, 0.25) is 6.79 Å². The average molecular weight is 456 g/mol.